The highest BCUT2D eigenvalue weighted by Crippen LogP contribution is 2.39. The van der Waals surface area contributed by atoms with Gasteiger partial charge in [-0.1, -0.05) is 90.1 Å². The number of benzene rings is 2. The number of phenols is 2. The highest BCUT2D eigenvalue weighted by atomic mass is 16.4. The van der Waals surface area contributed by atoms with Crippen molar-refractivity contribution in [3.8, 4) is 11.5 Å². The highest BCUT2D eigenvalue weighted by Gasteiger charge is 2.24. The molecule has 4 N–H and O–H groups in total. The van der Waals surface area contributed by atoms with Crippen LogP contribution < -0.4 is 0 Å². The zero-order valence-electron chi connectivity index (χ0n) is 22.2. The lowest BCUT2D eigenvalue weighted by Crippen LogP contribution is -2.14. The van der Waals surface area contributed by atoms with Crippen LogP contribution in [-0.2, 0) is 26.8 Å². The molecule has 0 aromatic heterocycles. The first kappa shape index (κ1) is 31.5. The van der Waals surface area contributed by atoms with Crippen molar-refractivity contribution >= 4 is 11.9 Å². The summed E-state index contributed by atoms with van der Waals surface area (Å²) in [4.78, 5) is 18.5. The highest BCUT2D eigenvalue weighted by molar-refractivity contribution is 5.79. The standard InChI is InChI=1S/C23H32O2.2C3H4O2/c1-14-9-16(20(24)18(11-14)22(3,4)5)13-17-10-15(2)12-19(21(17)25)23(6,7)8;2*1-2-3(4)5/h9-12,24-25H,13H2,1-8H3;2*2H,1H2,(H,4,5). The molecule has 0 unspecified atom stereocenters. The van der Waals surface area contributed by atoms with E-state index in [9.17, 15) is 19.8 Å². The molecule has 0 aliphatic carbocycles. The smallest absolute Gasteiger partial charge is 0.327 e. The van der Waals surface area contributed by atoms with Crippen molar-refractivity contribution in [1.82, 2.24) is 0 Å². The molecule has 6 nitrogen and oxygen atoms in total. The SMILES string of the molecule is C=CC(=O)O.C=CC(=O)O.Cc1cc(Cc2cc(C)cc(C(C)(C)C)c2O)c(O)c(C(C)(C)C)c1. The molecule has 0 amide bonds. The van der Waals surface area contributed by atoms with Crippen molar-refractivity contribution in [2.45, 2.75) is 72.6 Å². The molecular formula is C29H40O6. The summed E-state index contributed by atoms with van der Waals surface area (Å²) in [6.07, 6.45) is 2.19. The van der Waals surface area contributed by atoms with Gasteiger partial charge in [-0.25, -0.2) is 9.59 Å². The molecule has 2 rings (SSSR count). The van der Waals surface area contributed by atoms with Crippen molar-refractivity contribution in [2.24, 2.45) is 0 Å². The van der Waals surface area contributed by atoms with Crippen molar-refractivity contribution in [3.63, 3.8) is 0 Å². The second kappa shape index (κ2) is 12.8. The average Bonchev–Trinajstić information content (AvgIpc) is 2.71. The van der Waals surface area contributed by atoms with E-state index in [1.54, 1.807) is 0 Å². The van der Waals surface area contributed by atoms with Crippen LogP contribution in [-0.4, -0.2) is 32.4 Å². The van der Waals surface area contributed by atoms with Crippen LogP contribution in [0.5, 0.6) is 11.5 Å². The Hall–Kier alpha value is -3.54. The molecule has 0 bridgehead atoms. The number of carbonyl (C=O) groups is 2. The minimum absolute atomic E-state index is 0.129. The first-order valence-corrected chi connectivity index (χ1v) is 11.2. The third kappa shape index (κ3) is 10.5. The Morgan fingerprint density at radius 1 is 0.714 bits per heavy atom. The molecule has 0 saturated heterocycles. The maximum atomic E-state index is 10.8. The van der Waals surface area contributed by atoms with Crippen LogP contribution >= 0.6 is 0 Å². The summed E-state index contributed by atoms with van der Waals surface area (Å²) >= 11 is 0. The van der Waals surface area contributed by atoms with Gasteiger partial charge < -0.3 is 20.4 Å². The number of carboxylic acids is 2. The van der Waals surface area contributed by atoms with Gasteiger partial charge in [-0.05, 0) is 46.9 Å². The quantitative estimate of drug-likeness (QED) is 0.373. The Labute approximate surface area is 209 Å². The fourth-order valence-corrected chi connectivity index (χ4v) is 3.33. The second-order valence-electron chi connectivity index (χ2n) is 10.4. The zero-order chi connectivity index (χ0) is 27.7. The van der Waals surface area contributed by atoms with E-state index in [0.29, 0.717) is 17.9 Å². The summed E-state index contributed by atoms with van der Waals surface area (Å²) < 4.78 is 0. The van der Waals surface area contributed by atoms with E-state index < -0.39 is 11.9 Å². The fourth-order valence-electron chi connectivity index (χ4n) is 3.33. The van der Waals surface area contributed by atoms with E-state index in [0.717, 1.165) is 45.5 Å². The number of phenolic OH excluding ortho intramolecular Hbond substituents is 2. The van der Waals surface area contributed by atoms with E-state index in [2.05, 4.69) is 80.7 Å². The van der Waals surface area contributed by atoms with Crippen LogP contribution in [0.4, 0.5) is 0 Å². The van der Waals surface area contributed by atoms with Crippen LogP contribution in [0.3, 0.4) is 0 Å². The molecule has 0 radical (unpaired) electrons. The maximum Gasteiger partial charge on any atom is 0.327 e. The Kier molecular flexibility index (Phi) is 11.5. The molecule has 0 spiro atoms. The number of rotatable bonds is 4. The largest absolute Gasteiger partial charge is 0.507 e. The van der Waals surface area contributed by atoms with Crippen molar-refractivity contribution in [1.29, 1.82) is 0 Å². The predicted molar refractivity (Wildman–Crippen MR) is 142 cm³/mol. The third-order valence-corrected chi connectivity index (χ3v) is 5.01. The lowest BCUT2D eigenvalue weighted by Gasteiger charge is -2.25. The molecule has 2 aromatic rings. The van der Waals surface area contributed by atoms with Gasteiger partial charge in [0.05, 0.1) is 0 Å². The topological polar surface area (TPSA) is 115 Å². The average molecular weight is 485 g/mol. The van der Waals surface area contributed by atoms with Gasteiger partial charge in [0.1, 0.15) is 11.5 Å². The minimum Gasteiger partial charge on any atom is -0.507 e. The van der Waals surface area contributed by atoms with Crippen LogP contribution in [0.2, 0.25) is 0 Å². The van der Waals surface area contributed by atoms with Gasteiger partial charge in [-0.2, -0.15) is 0 Å². The van der Waals surface area contributed by atoms with Gasteiger partial charge in [0.15, 0.2) is 0 Å². The normalized spacial score (nSPS) is 10.7. The summed E-state index contributed by atoms with van der Waals surface area (Å²) in [5.41, 5.74) is 5.63. The first-order valence-electron chi connectivity index (χ1n) is 11.2. The van der Waals surface area contributed by atoms with Gasteiger partial charge in [0.2, 0.25) is 0 Å². The lowest BCUT2D eigenvalue weighted by molar-refractivity contribution is -0.132. The number of hydrogen-bond donors (Lipinski definition) is 4. The van der Waals surface area contributed by atoms with Gasteiger partial charge in [0.25, 0.3) is 0 Å². The van der Waals surface area contributed by atoms with Crippen molar-refractivity contribution in [3.05, 3.63) is 83.0 Å². The van der Waals surface area contributed by atoms with Gasteiger partial charge in [-0.3, -0.25) is 0 Å². The summed E-state index contributed by atoms with van der Waals surface area (Å²) in [6.45, 7) is 22.6. The van der Waals surface area contributed by atoms with Crippen LogP contribution in [0.25, 0.3) is 0 Å². The number of aromatic hydroxyl groups is 2. The minimum atomic E-state index is -0.981. The fraction of sp³-hybridized carbons (Fsp3) is 0.379. The molecule has 0 atom stereocenters. The van der Waals surface area contributed by atoms with E-state index in [1.165, 1.54) is 0 Å². The molecule has 0 aliphatic rings. The molecule has 35 heavy (non-hydrogen) atoms. The summed E-state index contributed by atoms with van der Waals surface area (Å²) in [6, 6.07) is 8.14. The Morgan fingerprint density at radius 3 is 1.17 bits per heavy atom. The molecule has 0 saturated carbocycles. The number of carboxylic acid groups (broad SMARTS) is 2. The number of aliphatic carboxylic acids is 2. The molecule has 2 aromatic carbocycles. The van der Waals surface area contributed by atoms with E-state index in [-0.39, 0.29) is 10.8 Å². The van der Waals surface area contributed by atoms with Crippen molar-refractivity contribution in [2.75, 3.05) is 0 Å². The molecule has 0 heterocycles. The predicted octanol–water partition coefficient (Wildman–Crippen LogP) is 6.41. The second-order valence-corrected chi connectivity index (χ2v) is 10.4. The Balaban J connectivity index is 0.000000975. The van der Waals surface area contributed by atoms with Crippen LogP contribution in [0.1, 0.15) is 74.9 Å². The van der Waals surface area contributed by atoms with Gasteiger partial charge in [-0.15, -0.1) is 0 Å². The van der Waals surface area contributed by atoms with E-state index >= 15 is 0 Å². The summed E-state index contributed by atoms with van der Waals surface area (Å²) in [7, 11) is 0. The van der Waals surface area contributed by atoms with Crippen LogP contribution in [0, 0.1) is 13.8 Å². The maximum absolute atomic E-state index is 10.8. The molecule has 0 fully saturated rings. The lowest BCUT2D eigenvalue weighted by atomic mass is 9.81. The monoisotopic (exact) mass is 484 g/mol. The van der Waals surface area contributed by atoms with Crippen molar-refractivity contribution < 1.29 is 30.0 Å². The zero-order valence-corrected chi connectivity index (χ0v) is 22.2. The molecular weight excluding hydrogens is 444 g/mol. The number of hydrogen-bond acceptors (Lipinski definition) is 4. The van der Waals surface area contributed by atoms with Gasteiger partial charge >= 0.3 is 11.9 Å². The molecule has 0 aliphatic heterocycles. The molecule has 6 heteroatoms. The third-order valence-electron chi connectivity index (χ3n) is 5.01. The van der Waals surface area contributed by atoms with Crippen LogP contribution in [0.15, 0.2) is 49.6 Å². The molecule has 192 valence electrons. The summed E-state index contributed by atoms with van der Waals surface area (Å²) in [5, 5.41) is 36.8. The van der Waals surface area contributed by atoms with Gasteiger partial charge in [0, 0.05) is 18.6 Å². The summed E-state index contributed by atoms with van der Waals surface area (Å²) in [5.74, 6) is -1.28. The first-order chi connectivity index (χ1) is 15.8. The van der Waals surface area contributed by atoms with E-state index in [4.69, 9.17) is 10.2 Å². The van der Waals surface area contributed by atoms with E-state index in [1.807, 2.05) is 12.1 Å². The Bertz CT molecular complexity index is 981. The number of aryl methyl sites for hydroxylation is 2. The Morgan fingerprint density at radius 2 is 0.971 bits per heavy atom.